The van der Waals surface area contributed by atoms with E-state index in [-0.39, 0.29) is 17.9 Å². The van der Waals surface area contributed by atoms with Crippen molar-refractivity contribution in [2.75, 3.05) is 5.32 Å². The van der Waals surface area contributed by atoms with Crippen molar-refractivity contribution in [1.29, 1.82) is 0 Å². The first kappa shape index (κ1) is 19.8. The van der Waals surface area contributed by atoms with Gasteiger partial charge in [-0.05, 0) is 37.1 Å². The normalized spacial score (nSPS) is 11.7. The van der Waals surface area contributed by atoms with E-state index in [2.05, 4.69) is 15.6 Å². The molecule has 0 saturated heterocycles. The standard InChI is InChI=1S/C22H23N3O2S/c1-14(19-5-4-6-20(12-19)24-15(2)26)23-22(27)11-17-7-9-18(10-8-17)21-13-28-16(3)25-21/h4-10,12-14H,11H2,1-3H3,(H,23,27)(H,24,26)/t14-/m0/s1. The molecule has 3 rings (SSSR count). The lowest BCUT2D eigenvalue weighted by atomic mass is 10.1. The van der Waals surface area contributed by atoms with Gasteiger partial charge in [0.15, 0.2) is 0 Å². The first-order valence-electron chi connectivity index (χ1n) is 9.09. The lowest BCUT2D eigenvalue weighted by Gasteiger charge is -2.15. The van der Waals surface area contributed by atoms with Crippen molar-refractivity contribution in [3.63, 3.8) is 0 Å². The monoisotopic (exact) mass is 393 g/mol. The summed E-state index contributed by atoms with van der Waals surface area (Å²) in [6.07, 6.45) is 0.312. The molecule has 0 fully saturated rings. The molecule has 1 heterocycles. The lowest BCUT2D eigenvalue weighted by Crippen LogP contribution is -2.28. The Bertz CT molecular complexity index is 979. The van der Waals surface area contributed by atoms with Crippen LogP contribution < -0.4 is 10.6 Å². The SMILES string of the molecule is CC(=O)Nc1cccc([C@H](C)NC(=O)Cc2ccc(-c3csc(C)n3)cc2)c1. The average molecular weight is 394 g/mol. The number of hydrogen-bond donors (Lipinski definition) is 2. The van der Waals surface area contributed by atoms with Crippen LogP contribution in [0, 0.1) is 6.92 Å². The number of aromatic nitrogens is 1. The molecule has 28 heavy (non-hydrogen) atoms. The van der Waals surface area contributed by atoms with Crippen molar-refractivity contribution < 1.29 is 9.59 Å². The fraction of sp³-hybridized carbons (Fsp3) is 0.227. The summed E-state index contributed by atoms with van der Waals surface area (Å²) >= 11 is 1.62. The minimum absolute atomic E-state index is 0.0466. The van der Waals surface area contributed by atoms with E-state index in [0.717, 1.165) is 33.1 Å². The van der Waals surface area contributed by atoms with E-state index >= 15 is 0 Å². The average Bonchev–Trinajstić information content (AvgIpc) is 3.08. The molecule has 0 saturated carbocycles. The van der Waals surface area contributed by atoms with Crippen molar-refractivity contribution in [1.82, 2.24) is 10.3 Å². The zero-order valence-electron chi connectivity index (χ0n) is 16.2. The van der Waals surface area contributed by atoms with E-state index in [1.807, 2.05) is 67.8 Å². The number of carbonyl (C=O) groups is 2. The summed E-state index contributed by atoms with van der Waals surface area (Å²) in [4.78, 5) is 28.1. The smallest absolute Gasteiger partial charge is 0.224 e. The van der Waals surface area contributed by atoms with E-state index in [4.69, 9.17) is 0 Å². The highest BCUT2D eigenvalue weighted by Gasteiger charge is 2.11. The van der Waals surface area contributed by atoms with Crippen LogP contribution in [0.2, 0.25) is 0 Å². The number of thiazole rings is 1. The summed E-state index contributed by atoms with van der Waals surface area (Å²) in [6, 6.07) is 15.3. The molecule has 0 bridgehead atoms. The maximum absolute atomic E-state index is 12.4. The minimum Gasteiger partial charge on any atom is -0.349 e. The van der Waals surface area contributed by atoms with Gasteiger partial charge in [0.25, 0.3) is 0 Å². The van der Waals surface area contributed by atoms with Crippen LogP contribution in [0.15, 0.2) is 53.9 Å². The second-order valence-corrected chi connectivity index (χ2v) is 7.78. The molecule has 1 aromatic heterocycles. The van der Waals surface area contributed by atoms with Crippen LogP contribution in [0.5, 0.6) is 0 Å². The van der Waals surface area contributed by atoms with Gasteiger partial charge < -0.3 is 10.6 Å². The largest absolute Gasteiger partial charge is 0.349 e. The second-order valence-electron chi connectivity index (χ2n) is 6.72. The van der Waals surface area contributed by atoms with Gasteiger partial charge in [0.1, 0.15) is 0 Å². The van der Waals surface area contributed by atoms with Crippen LogP contribution in [0.3, 0.4) is 0 Å². The van der Waals surface area contributed by atoms with Crippen molar-refractivity contribution in [3.8, 4) is 11.3 Å². The van der Waals surface area contributed by atoms with Crippen LogP contribution in [0.25, 0.3) is 11.3 Å². The van der Waals surface area contributed by atoms with Gasteiger partial charge in [-0.15, -0.1) is 11.3 Å². The van der Waals surface area contributed by atoms with Gasteiger partial charge >= 0.3 is 0 Å². The Kier molecular flexibility index (Phi) is 6.21. The van der Waals surface area contributed by atoms with Crippen LogP contribution in [-0.2, 0) is 16.0 Å². The molecule has 0 aliphatic rings. The van der Waals surface area contributed by atoms with E-state index in [1.54, 1.807) is 11.3 Å². The Morgan fingerprint density at radius 3 is 2.54 bits per heavy atom. The van der Waals surface area contributed by atoms with Crippen molar-refractivity contribution in [3.05, 3.63) is 70.0 Å². The van der Waals surface area contributed by atoms with Crippen molar-refractivity contribution >= 4 is 28.8 Å². The first-order valence-corrected chi connectivity index (χ1v) is 9.97. The molecule has 0 spiro atoms. The third-order valence-electron chi connectivity index (χ3n) is 4.32. The number of nitrogens with zero attached hydrogens (tertiary/aromatic N) is 1. The Morgan fingerprint density at radius 1 is 1.14 bits per heavy atom. The van der Waals surface area contributed by atoms with E-state index in [0.29, 0.717) is 6.42 Å². The van der Waals surface area contributed by atoms with Crippen LogP contribution >= 0.6 is 11.3 Å². The van der Waals surface area contributed by atoms with Gasteiger partial charge in [0, 0.05) is 23.6 Å². The molecule has 5 nitrogen and oxygen atoms in total. The predicted octanol–water partition coefficient (Wildman–Crippen LogP) is 4.50. The zero-order chi connectivity index (χ0) is 20.1. The topological polar surface area (TPSA) is 71.1 Å². The second kappa shape index (κ2) is 8.80. The van der Waals surface area contributed by atoms with Gasteiger partial charge in [0.05, 0.1) is 23.2 Å². The number of carbonyl (C=O) groups excluding carboxylic acids is 2. The number of hydrogen-bond acceptors (Lipinski definition) is 4. The third-order valence-corrected chi connectivity index (χ3v) is 5.09. The lowest BCUT2D eigenvalue weighted by molar-refractivity contribution is -0.121. The van der Waals surface area contributed by atoms with Gasteiger partial charge in [-0.3, -0.25) is 9.59 Å². The number of benzene rings is 2. The third kappa shape index (κ3) is 5.27. The molecule has 1 atom stereocenters. The van der Waals surface area contributed by atoms with E-state index in [9.17, 15) is 9.59 Å². The minimum atomic E-state index is -0.154. The van der Waals surface area contributed by atoms with Gasteiger partial charge in [-0.1, -0.05) is 36.4 Å². The van der Waals surface area contributed by atoms with E-state index < -0.39 is 0 Å². The quantitative estimate of drug-likeness (QED) is 0.648. The summed E-state index contributed by atoms with van der Waals surface area (Å²) in [5.74, 6) is -0.167. The van der Waals surface area contributed by atoms with Crippen LogP contribution in [0.1, 0.15) is 36.0 Å². The van der Waals surface area contributed by atoms with Crippen molar-refractivity contribution in [2.45, 2.75) is 33.2 Å². The summed E-state index contributed by atoms with van der Waals surface area (Å²) in [7, 11) is 0. The molecule has 2 amide bonds. The molecule has 0 aliphatic heterocycles. The number of aryl methyl sites for hydroxylation is 1. The Morgan fingerprint density at radius 2 is 1.89 bits per heavy atom. The highest BCUT2D eigenvalue weighted by Crippen LogP contribution is 2.22. The fourth-order valence-electron chi connectivity index (χ4n) is 2.94. The predicted molar refractivity (Wildman–Crippen MR) is 113 cm³/mol. The molecule has 3 aromatic rings. The molecule has 0 unspecified atom stereocenters. The number of amides is 2. The molecular formula is C22H23N3O2S. The fourth-order valence-corrected chi connectivity index (χ4v) is 3.56. The Hall–Kier alpha value is -2.99. The van der Waals surface area contributed by atoms with Gasteiger partial charge in [-0.2, -0.15) is 0 Å². The van der Waals surface area contributed by atoms with Gasteiger partial charge in [-0.25, -0.2) is 4.98 Å². The van der Waals surface area contributed by atoms with Crippen molar-refractivity contribution in [2.24, 2.45) is 0 Å². The summed E-state index contributed by atoms with van der Waals surface area (Å²) < 4.78 is 0. The molecule has 0 radical (unpaired) electrons. The molecule has 2 aromatic carbocycles. The number of rotatable bonds is 6. The molecular weight excluding hydrogens is 370 g/mol. The zero-order valence-corrected chi connectivity index (χ0v) is 17.0. The first-order chi connectivity index (χ1) is 13.4. The van der Waals surface area contributed by atoms with Crippen LogP contribution in [-0.4, -0.2) is 16.8 Å². The summed E-state index contributed by atoms with van der Waals surface area (Å²) in [6.45, 7) is 5.39. The molecule has 144 valence electrons. The highest BCUT2D eigenvalue weighted by molar-refractivity contribution is 7.09. The van der Waals surface area contributed by atoms with Gasteiger partial charge in [0.2, 0.25) is 11.8 Å². The summed E-state index contributed by atoms with van der Waals surface area (Å²) in [5.41, 5.74) is 4.63. The van der Waals surface area contributed by atoms with E-state index in [1.165, 1.54) is 6.92 Å². The Labute approximate surface area is 168 Å². The maximum Gasteiger partial charge on any atom is 0.224 e. The molecule has 2 N–H and O–H groups in total. The molecule has 6 heteroatoms. The highest BCUT2D eigenvalue weighted by atomic mass is 32.1. The summed E-state index contributed by atoms with van der Waals surface area (Å²) in [5, 5.41) is 8.84. The van der Waals surface area contributed by atoms with Crippen LogP contribution in [0.4, 0.5) is 5.69 Å². The number of nitrogens with one attached hydrogen (secondary N) is 2. The molecule has 0 aliphatic carbocycles. The number of anilines is 1. The maximum atomic E-state index is 12.4. The Balaban J connectivity index is 1.60.